The molecular formula is C21H18N4O4. The molecule has 0 saturated heterocycles. The molecule has 4 aromatic rings. The van der Waals surface area contributed by atoms with Gasteiger partial charge in [0.15, 0.2) is 0 Å². The largest absolute Gasteiger partial charge is 0.478 e. The number of anilines is 1. The van der Waals surface area contributed by atoms with Gasteiger partial charge in [0.05, 0.1) is 22.9 Å². The highest BCUT2D eigenvalue weighted by atomic mass is 16.4. The summed E-state index contributed by atoms with van der Waals surface area (Å²) in [6.45, 7) is 0.182. The summed E-state index contributed by atoms with van der Waals surface area (Å²) >= 11 is 0. The molecule has 0 radical (unpaired) electrons. The monoisotopic (exact) mass is 390 g/mol. The van der Waals surface area contributed by atoms with Gasteiger partial charge in [0.25, 0.3) is 5.56 Å². The molecule has 4 rings (SSSR count). The summed E-state index contributed by atoms with van der Waals surface area (Å²) in [7, 11) is 0. The van der Waals surface area contributed by atoms with Crippen molar-refractivity contribution in [1.82, 2.24) is 15.0 Å². The van der Waals surface area contributed by atoms with E-state index >= 15 is 0 Å². The number of benzene rings is 2. The second-order valence-electron chi connectivity index (χ2n) is 6.50. The van der Waals surface area contributed by atoms with Gasteiger partial charge < -0.3 is 25.5 Å². The third kappa shape index (κ3) is 3.61. The van der Waals surface area contributed by atoms with Crippen LogP contribution < -0.4 is 10.9 Å². The second-order valence-corrected chi connectivity index (χ2v) is 6.50. The van der Waals surface area contributed by atoms with Crippen LogP contribution in [0.3, 0.4) is 0 Å². The summed E-state index contributed by atoms with van der Waals surface area (Å²) in [6, 6.07) is 15.6. The standard InChI is InChI=1S/C21H18N4O4/c26-16(12-5-2-1-3-6-12)11-23-14-9-10-22-20(27)17(14)19-24-15-8-4-7-13(21(28)29)18(15)25-19/h1-10,16,26H,11H2,(H,24,25)(H,28,29)(H2,22,23,27). The Balaban J connectivity index is 1.70. The van der Waals surface area contributed by atoms with Crippen LogP contribution in [-0.4, -0.2) is 37.7 Å². The Morgan fingerprint density at radius 3 is 2.66 bits per heavy atom. The average Bonchev–Trinajstić information content (AvgIpc) is 3.16. The molecule has 8 heteroatoms. The zero-order chi connectivity index (χ0) is 20.4. The first-order valence-electron chi connectivity index (χ1n) is 8.95. The van der Waals surface area contributed by atoms with Crippen molar-refractivity contribution in [3.8, 4) is 11.4 Å². The predicted octanol–water partition coefficient (Wildman–Crippen LogP) is 2.76. The van der Waals surface area contributed by atoms with E-state index in [9.17, 15) is 19.8 Å². The van der Waals surface area contributed by atoms with Gasteiger partial charge in [-0.25, -0.2) is 9.78 Å². The molecule has 2 heterocycles. The number of hydrogen-bond acceptors (Lipinski definition) is 5. The number of fused-ring (bicyclic) bond motifs is 1. The van der Waals surface area contributed by atoms with E-state index in [1.165, 1.54) is 12.3 Å². The van der Waals surface area contributed by atoms with E-state index in [-0.39, 0.29) is 34.6 Å². The quantitative estimate of drug-likeness (QED) is 0.344. The third-order valence-electron chi connectivity index (χ3n) is 4.61. The number of aliphatic hydroxyl groups excluding tert-OH is 1. The molecule has 0 spiro atoms. The Morgan fingerprint density at radius 1 is 1.10 bits per heavy atom. The number of aromatic amines is 2. The molecule has 0 bridgehead atoms. The number of carboxylic acid groups (broad SMARTS) is 1. The number of rotatable bonds is 6. The Morgan fingerprint density at radius 2 is 1.90 bits per heavy atom. The van der Waals surface area contributed by atoms with E-state index in [1.54, 1.807) is 18.2 Å². The lowest BCUT2D eigenvalue weighted by molar-refractivity contribution is 0.0699. The first-order valence-corrected chi connectivity index (χ1v) is 8.95. The van der Waals surface area contributed by atoms with Crippen LogP contribution in [0.2, 0.25) is 0 Å². The summed E-state index contributed by atoms with van der Waals surface area (Å²) in [5.41, 5.74) is 1.90. The minimum absolute atomic E-state index is 0.0476. The molecule has 0 saturated carbocycles. The first-order chi connectivity index (χ1) is 14.0. The van der Waals surface area contributed by atoms with Crippen molar-refractivity contribution in [2.45, 2.75) is 6.10 Å². The van der Waals surface area contributed by atoms with Crippen LogP contribution in [0.4, 0.5) is 5.69 Å². The molecule has 2 aromatic carbocycles. The summed E-state index contributed by atoms with van der Waals surface area (Å²) < 4.78 is 0. The topological polar surface area (TPSA) is 131 Å². The number of H-pyrrole nitrogens is 2. The fourth-order valence-electron chi connectivity index (χ4n) is 3.18. The van der Waals surface area contributed by atoms with Gasteiger partial charge in [-0.3, -0.25) is 4.79 Å². The number of aromatic nitrogens is 3. The smallest absolute Gasteiger partial charge is 0.337 e. The van der Waals surface area contributed by atoms with Gasteiger partial charge in [0.2, 0.25) is 0 Å². The Kier molecular flexibility index (Phi) is 4.84. The van der Waals surface area contributed by atoms with Crippen molar-refractivity contribution in [3.63, 3.8) is 0 Å². The summed E-state index contributed by atoms with van der Waals surface area (Å²) in [5, 5.41) is 22.8. The van der Waals surface area contributed by atoms with Crippen LogP contribution in [0.15, 0.2) is 65.6 Å². The van der Waals surface area contributed by atoms with Crippen LogP contribution in [0, 0.1) is 0 Å². The molecule has 1 unspecified atom stereocenters. The van der Waals surface area contributed by atoms with Crippen molar-refractivity contribution in [2.24, 2.45) is 0 Å². The molecule has 0 amide bonds. The molecule has 0 aliphatic carbocycles. The lowest BCUT2D eigenvalue weighted by Gasteiger charge is -2.14. The van der Waals surface area contributed by atoms with Crippen LogP contribution in [-0.2, 0) is 0 Å². The van der Waals surface area contributed by atoms with Gasteiger partial charge in [-0.05, 0) is 23.8 Å². The molecular weight excluding hydrogens is 372 g/mol. The van der Waals surface area contributed by atoms with E-state index in [2.05, 4.69) is 20.3 Å². The van der Waals surface area contributed by atoms with Crippen molar-refractivity contribution >= 4 is 22.7 Å². The van der Waals surface area contributed by atoms with E-state index in [4.69, 9.17) is 0 Å². The van der Waals surface area contributed by atoms with E-state index in [0.29, 0.717) is 11.2 Å². The van der Waals surface area contributed by atoms with Crippen LogP contribution >= 0.6 is 0 Å². The van der Waals surface area contributed by atoms with Gasteiger partial charge in [-0.15, -0.1) is 0 Å². The predicted molar refractivity (Wildman–Crippen MR) is 109 cm³/mol. The number of aromatic carboxylic acids is 1. The van der Waals surface area contributed by atoms with E-state index in [1.807, 2.05) is 30.3 Å². The maximum Gasteiger partial charge on any atom is 0.337 e. The molecule has 146 valence electrons. The number of pyridine rings is 1. The van der Waals surface area contributed by atoms with E-state index in [0.717, 1.165) is 5.56 Å². The van der Waals surface area contributed by atoms with E-state index < -0.39 is 12.1 Å². The number of nitrogens with one attached hydrogen (secondary N) is 3. The fraction of sp³-hybridized carbons (Fsp3) is 0.0952. The molecule has 2 aromatic heterocycles. The number of hydrogen-bond donors (Lipinski definition) is 5. The van der Waals surface area contributed by atoms with Gasteiger partial charge in [0.1, 0.15) is 16.9 Å². The summed E-state index contributed by atoms with van der Waals surface area (Å²) in [6.07, 6.45) is 0.728. The third-order valence-corrected chi connectivity index (χ3v) is 4.61. The fourth-order valence-corrected chi connectivity index (χ4v) is 3.18. The SMILES string of the molecule is O=C(O)c1cccc2[nH]c(-c3c(NCC(O)c4ccccc4)cc[nH]c3=O)nc12. The molecule has 8 nitrogen and oxygen atoms in total. The highest BCUT2D eigenvalue weighted by Gasteiger charge is 2.18. The summed E-state index contributed by atoms with van der Waals surface area (Å²) in [5.74, 6) is -0.854. The van der Waals surface area contributed by atoms with Crippen molar-refractivity contribution in [3.05, 3.63) is 82.3 Å². The number of imidazole rings is 1. The van der Waals surface area contributed by atoms with Gasteiger partial charge >= 0.3 is 5.97 Å². The van der Waals surface area contributed by atoms with Gasteiger partial charge in [-0.1, -0.05) is 36.4 Å². The highest BCUT2D eigenvalue weighted by Crippen LogP contribution is 2.26. The molecule has 1 atom stereocenters. The zero-order valence-electron chi connectivity index (χ0n) is 15.2. The molecule has 0 fully saturated rings. The maximum atomic E-state index is 12.5. The number of aliphatic hydroxyl groups is 1. The first kappa shape index (κ1) is 18.5. The Bertz CT molecular complexity index is 1230. The Hall–Kier alpha value is -3.91. The van der Waals surface area contributed by atoms with Gasteiger partial charge in [-0.2, -0.15) is 0 Å². The van der Waals surface area contributed by atoms with Crippen LogP contribution in [0.25, 0.3) is 22.4 Å². The minimum Gasteiger partial charge on any atom is -0.478 e. The lowest BCUT2D eigenvalue weighted by Crippen LogP contribution is -2.17. The number of carboxylic acids is 1. The van der Waals surface area contributed by atoms with Crippen molar-refractivity contribution in [2.75, 3.05) is 11.9 Å². The minimum atomic E-state index is -1.10. The molecule has 0 aliphatic heterocycles. The normalized spacial score (nSPS) is 12.0. The highest BCUT2D eigenvalue weighted by molar-refractivity contribution is 6.01. The second kappa shape index (κ2) is 7.61. The summed E-state index contributed by atoms with van der Waals surface area (Å²) in [4.78, 5) is 33.9. The van der Waals surface area contributed by atoms with Crippen LogP contribution in [0.1, 0.15) is 22.0 Å². The van der Waals surface area contributed by atoms with Crippen molar-refractivity contribution < 1.29 is 15.0 Å². The van der Waals surface area contributed by atoms with Crippen LogP contribution in [0.5, 0.6) is 0 Å². The molecule has 29 heavy (non-hydrogen) atoms. The molecule has 0 aliphatic rings. The number of para-hydroxylation sites is 1. The average molecular weight is 390 g/mol. The zero-order valence-corrected chi connectivity index (χ0v) is 15.2. The number of nitrogens with zero attached hydrogens (tertiary/aromatic N) is 1. The maximum absolute atomic E-state index is 12.5. The van der Waals surface area contributed by atoms with Crippen molar-refractivity contribution in [1.29, 1.82) is 0 Å². The molecule has 5 N–H and O–H groups in total. The number of carbonyl (C=O) groups is 1. The van der Waals surface area contributed by atoms with Gasteiger partial charge in [0, 0.05) is 12.7 Å². The lowest BCUT2D eigenvalue weighted by atomic mass is 10.1. The Labute approximate surface area is 164 Å².